The molecule has 0 spiro atoms. The van der Waals surface area contributed by atoms with Gasteiger partial charge in [0.2, 0.25) is 0 Å². The van der Waals surface area contributed by atoms with Gasteiger partial charge in [0, 0.05) is 4.48 Å². The van der Waals surface area contributed by atoms with Crippen LogP contribution in [0, 0.1) is 0 Å². The zero-order valence-corrected chi connectivity index (χ0v) is 13.4. The molecule has 0 atom stereocenters. The Morgan fingerprint density at radius 2 is 1.24 bits per heavy atom. The highest BCUT2D eigenvalue weighted by molar-refractivity contribution is 9.11. The van der Waals surface area contributed by atoms with Gasteiger partial charge in [-0.2, -0.15) is 0 Å². The maximum absolute atomic E-state index is 4.09. The Labute approximate surface area is 135 Å². The normalized spacial score (nSPS) is 10.3. The summed E-state index contributed by atoms with van der Waals surface area (Å²) < 4.78 is 0.832. The van der Waals surface area contributed by atoms with Crippen molar-refractivity contribution in [2.45, 2.75) is 0 Å². The molecule has 0 aliphatic carbocycles. The van der Waals surface area contributed by atoms with E-state index in [1.165, 1.54) is 11.1 Å². The monoisotopic (exact) mass is 336 g/mol. The average Bonchev–Trinajstić information content (AvgIpc) is 2.52. The second-order valence-corrected chi connectivity index (χ2v) is 5.66. The summed E-state index contributed by atoms with van der Waals surface area (Å²) in [5, 5.41) is 0. The van der Waals surface area contributed by atoms with Crippen molar-refractivity contribution in [3.8, 4) is 0 Å². The molecule has 0 nitrogen and oxygen atoms in total. The minimum Gasteiger partial charge on any atom is -0.0917 e. The molecule has 0 saturated heterocycles. The molecule has 0 unspecified atom stereocenters. The minimum absolute atomic E-state index is 0.832. The van der Waals surface area contributed by atoms with Crippen LogP contribution in [0.5, 0.6) is 0 Å². The molecular formula is C20H17Br. The van der Waals surface area contributed by atoms with E-state index in [4.69, 9.17) is 0 Å². The van der Waals surface area contributed by atoms with E-state index >= 15 is 0 Å². The summed E-state index contributed by atoms with van der Waals surface area (Å²) in [6.45, 7) is 7.88. The van der Waals surface area contributed by atoms with Gasteiger partial charge in [-0.05, 0) is 34.4 Å². The highest BCUT2D eigenvalue weighted by Gasteiger charge is 2.04. The largest absolute Gasteiger partial charge is 0.0917 e. The molecule has 0 aliphatic rings. The van der Waals surface area contributed by atoms with Crippen LogP contribution in [0.3, 0.4) is 0 Å². The van der Waals surface area contributed by atoms with Crippen molar-refractivity contribution < 1.29 is 0 Å². The van der Waals surface area contributed by atoms with Gasteiger partial charge in [-0.3, -0.25) is 0 Å². The van der Waals surface area contributed by atoms with Gasteiger partial charge in [-0.1, -0.05) is 95.8 Å². The molecule has 2 aromatic carbocycles. The Bertz CT molecular complexity index is 635. The van der Waals surface area contributed by atoms with E-state index in [-0.39, 0.29) is 0 Å². The molecule has 1 heteroatoms. The van der Waals surface area contributed by atoms with Crippen molar-refractivity contribution in [2.24, 2.45) is 0 Å². The highest BCUT2D eigenvalue weighted by Crippen LogP contribution is 2.24. The van der Waals surface area contributed by atoms with Crippen LogP contribution in [0.25, 0.3) is 5.57 Å². The zero-order valence-electron chi connectivity index (χ0n) is 11.8. The molecule has 21 heavy (non-hydrogen) atoms. The number of hydrogen-bond acceptors (Lipinski definition) is 0. The predicted octanol–water partition coefficient (Wildman–Crippen LogP) is 6.14. The third kappa shape index (κ3) is 4.73. The molecule has 2 rings (SSSR count). The Morgan fingerprint density at radius 1 is 0.762 bits per heavy atom. The molecular weight excluding hydrogens is 320 g/mol. The van der Waals surface area contributed by atoms with Crippen molar-refractivity contribution in [3.63, 3.8) is 0 Å². The van der Waals surface area contributed by atoms with Crippen LogP contribution in [0.2, 0.25) is 0 Å². The fraction of sp³-hybridized carbons (Fsp3) is 0. The van der Waals surface area contributed by atoms with Crippen LogP contribution in [0.15, 0.2) is 102 Å². The van der Waals surface area contributed by atoms with Crippen LogP contribution in [-0.2, 0) is 0 Å². The molecule has 104 valence electrons. The minimum atomic E-state index is 0.832. The third-order valence-electron chi connectivity index (χ3n) is 2.98. The summed E-state index contributed by atoms with van der Waals surface area (Å²) in [6, 6.07) is 20.7. The lowest BCUT2D eigenvalue weighted by molar-refractivity contribution is 1.53. The predicted molar refractivity (Wildman–Crippen MR) is 96.3 cm³/mol. The Morgan fingerprint density at radius 3 is 1.67 bits per heavy atom. The summed E-state index contributed by atoms with van der Waals surface area (Å²) in [6.07, 6.45) is 5.94. The van der Waals surface area contributed by atoms with Crippen LogP contribution < -0.4 is 0 Å². The van der Waals surface area contributed by atoms with Crippen molar-refractivity contribution >= 4 is 21.5 Å². The molecule has 0 fully saturated rings. The van der Waals surface area contributed by atoms with E-state index in [1.807, 2.05) is 48.6 Å². The van der Waals surface area contributed by atoms with Gasteiger partial charge in [0.25, 0.3) is 0 Å². The van der Waals surface area contributed by atoms with Crippen LogP contribution in [0.1, 0.15) is 11.1 Å². The van der Waals surface area contributed by atoms with Gasteiger partial charge in [-0.25, -0.2) is 0 Å². The van der Waals surface area contributed by atoms with E-state index in [0.29, 0.717) is 0 Å². The van der Waals surface area contributed by atoms with Crippen molar-refractivity contribution in [1.82, 2.24) is 0 Å². The molecule has 2 aromatic rings. The van der Waals surface area contributed by atoms with Crippen LogP contribution in [0.4, 0.5) is 0 Å². The lowest BCUT2D eigenvalue weighted by Gasteiger charge is -2.08. The van der Waals surface area contributed by atoms with Gasteiger partial charge < -0.3 is 0 Å². The summed E-state index contributed by atoms with van der Waals surface area (Å²) in [7, 11) is 0. The highest BCUT2D eigenvalue weighted by atomic mass is 79.9. The van der Waals surface area contributed by atoms with E-state index in [1.54, 1.807) is 0 Å². The first-order valence-electron chi connectivity index (χ1n) is 6.71. The number of rotatable bonds is 5. The van der Waals surface area contributed by atoms with Gasteiger partial charge in [0.15, 0.2) is 0 Å². The molecule has 0 saturated carbocycles. The summed E-state index contributed by atoms with van der Waals surface area (Å²) in [5.74, 6) is 0. The second kappa shape index (κ2) is 7.61. The Kier molecular flexibility index (Phi) is 5.53. The Balaban J connectivity index is 2.42. The quantitative estimate of drug-likeness (QED) is 0.575. The molecule has 0 bridgehead atoms. The lowest BCUT2D eigenvalue weighted by atomic mass is 9.96. The van der Waals surface area contributed by atoms with Gasteiger partial charge >= 0.3 is 0 Å². The van der Waals surface area contributed by atoms with Gasteiger partial charge in [0.05, 0.1) is 0 Å². The molecule has 0 aromatic heterocycles. The molecule has 0 heterocycles. The van der Waals surface area contributed by atoms with Crippen molar-refractivity contribution in [3.05, 3.63) is 113 Å². The topological polar surface area (TPSA) is 0 Å². The summed E-state index contributed by atoms with van der Waals surface area (Å²) in [4.78, 5) is 0. The second-order valence-electron chi connectivity index (χ2n) is 4.65. The maximum atomic E-state index is 4.09. The standard InChI is InChI=1S/C20H17Br/c1-16(13-14-17(2)21)15-20(18-9-5-3-6-10-18)19-11-7-4-8-12-19/h3-15H,1-2H2/b14-13-. The van der Waals surface area contributed by atoms with Crippen molar-refractivity contribution in [2.75, 3.05) is 0 Å². The van der Waals surface area contributed by atoms with Crippen LogP contribution in [-0.4, -0.2) is 0 Å². The van der Waals surface area contributed by atoms with Gasteiger partial charge in [-0.15, -0.1) is 0 Å². The van der Waals surface area contributed by atoms with E-state index in [0.717, 1.165) is 15.6 Å². The van der Waals surface area contributed by atoms with Crippen molar-refractivity contribution in [1.29, 1.82) is 0 Å². The number of halogens is 1. The number of allylic oxidation sites excluding steroid dienone is 5. The SMILES string of the molecule is C=C(Br)/C=C\C(=C)C=C(c1ccccc1)c1ccccc1. The molecule has 0 radical (unpaired) electrons. The first kappa shape index (κ1) is 15.3. The lowest BCUT2D eigenvalue weighted by Crippen LogP contribution is -1.88. The molecule has 0 aliphatic heterocycles. The van der Waals surface area contributed by atoms with E-state index < -0.39 is 0 Å². The summed E-state index contributed by atoms with van der Waals surface area (Å²) >= 11 is 3.32. The first-order valence-corrected chi connectivity index (χ1v) is 7.50. The van der Waals surface area contributed by atoms with Gasteiger partial charge in [0.1, 0.15) is 0 Å². The molecule has 0 amide bonds. The third-order valence-corrected chi connectivity index (χ3v) is 3.24. The number of benzene rings is 2. The van der Waals surface area contributed by atoms with E-state index in [2.05, 4.69) is 59.4 Å². The summed E-state index contributed by atoms with van der Waals surface area (Å²) in [5.41, 5.74) is 4.44. The fourth-order valence-corrected chi connectivity index (χ4v) is 2.13. The number of hydrogen-bond donors (Lipinski definition) is 0. The Hall–Kier alpha value is -2.12. The zero-order chi connectivity index (χ0) is 15.1. The van der Waals surface area contributed by atoms with Crippen LogP contribution >= 0.6 is 15.9 Å². The first-order chi connectivity index (χ1) is 10.2. The average molecular weight is 337 g/mol. The van der Waals surface area contributed by atoms with E-state index in [9.17, 15) is 0 Å². The molecule has 0 N–H and O–H groups in total. The maximum Gasteiger partial charge on any atom is 0.0103 e. The smallest absolute Gasteiger partial charge is 0.0103 e. The fourth-order valence-electron chi connectivity index (χ4n) is 2.00.